The minimum Gasteiger partial charge on any atom is -0.545 e. The summed E-state index contributed by atoms with van der Waals surface area (Å²) in [5, 5.41) is 15.3. The maximum absolute atomic E-state index is 11.6. The Bertz CT molecular complexity index is 622. The molecule has 0 radical (unpaired) electrons. The molecule has 2 saturated carbocycles. The van der Waals surface area contributed by atoms with E-state index < -0.39 is 5.97 Å². The predicted molar refractivity (Wildman–Crippen MR) is 89.3 cm³/mol. The van der Waals surface area contributed by atoms with E-state index in [1.807, 2.05) is 6.07 Å². The number of carbonyl (C=O) groups is 1. The van der Waals surface area contributed by atoms with Gasteiger partial charge in [0.2, 0.25) is 0 Å². The van der Waals surface area contributed by atoms with Crippen molar-refractivity contribution in [2.24, 2.45) is 23.7 Å². The molecule has 2 bridgehead atoms. The summed E-state index contributed by atoms with van der Waals surface area (Å²) in [4.78, 5) is 11.6. The van der Waals surface area contributed by atoms with E-state index in [-0.39, 0.29) is 0 Å². The van der Waals surface area contributed by atoms with Crippen molar-refractivity contribution >= 4 is 11.7 Å². The van der Waals surface area contributed by atoms with Gasteiger partial charge in [0.1, 0.15) is 0 Å². The zero-order valence-electron chi connectivity index (χ0n) is 14.0. The van der Waals surface area contributed by atoms with Crippen molar-refractivity contribution in [3.05, 3.63) is 29.3 Å². The van der Waals surface area contributed by atoms with Crippen LogP contribution in [-0.4, -0.2) is 12.0 Å². The summed E-state index contributed by atoms with van der Waals surface area (Å²) in [5.74, 6) is 2.37. The Hall–Kier alpha value is -1.51. The summed E-state index contributed by atoms with van der Waals surface area (Å²) in [5.41, 5.74) is 2.45. The molecule has 3 nitrogen and oxygen atoms in total. The number of aromatic carboxylic acids is 1. The molecule has 5 atom stereocenters. The number of hydrogen-bond donors (Lipinski definition) is 1. The van der Waals surface area contributed by atoms with Gasteiger partial charge >= 0.3 is 0 Å². The van der Waals surface area contributed by atoms with Crippen LogP contribution in [0, 0.1) is 23.7 Å². The van der Waals surface area contributed by atoms with Crippen LogP contribution in [0.5, 0.6) is 0 Å². The molecule has 3 aliphatic rings. The molecule has 1 aromatic carbocycles. The van der Waals surface area contributed by atoms with Crippen molar-refractivity contribution in [3.8, 4) is 0 Å². The fourth-order valence-corrected chi connectivity index (χ4v) is 5.98. The van der Waals surface area contributed by atoms with E-state index in [4.69, 9.17) is 0 Å². The second-order valence-electron chi connectivity index (χ2n) is 7.74. The first-order valence-electron chi connectivity index (χ1n) is 9.26. The third-order valence-corrected chi connectivity index (χ3v) is 6.94. The fourth-order valence-electron chi connectivity index (χ4n) is 5.98. The number of nitrogens with one attached hydrogen (secondary N) is 1. The van der Waals surface area contributed by atoms with Crippen LogP contribution < -0.4 is 10.4 Å². The molecule has 0 aromatic heterocycles. The third-order valence-electron chi connectivity index (χ3n) is 6.94. The molecule has 0 spiro atoms. The van der Waals surface area contributed by atoms with Crippen LogP contribution in [-0.2, 0) is 0 Å². The van der Waals surface area contributed by atoms with Gasteiger partial charge in [-0.2, -0.15) is 0 Å². The number of fused-ring (bicyclic) bond motifs is 7. The fraction of sp³-hybridized carbons (Fsp3) is 0.650. The van der Waals surface area contributed by atoms with Gasteiger partial charge in [-0.3, -0.25) is 0 Å². The van der Waals surface area contributed by atoms with Crippen LogP contribution >= 0.6 is 0 Å². The Balaban J connectivity index is 1.83. The average molecular weight is 312 g/mol. The van der Waals surface area contributed by atoms with Crippen LogP contribution in [0.4, 0.5) is 5.69 Å². The molecule has 0 amide bonds. The average Bonchev–Trinajstić information content (AvgIpc) is 3.17. The summed E-state index contributed by atoms with van der Waals surface area (Å²) in [6.07, 6.45) is 6.31. The Kier molecular flexibility index (Phi) is 3.62. The van der Waals surface area contributed by atoms with Gasteiger partial charge < -0.3 is 15.2 Å². The van der Waals surface area contributed by atoms with E-state index in [2.05, 4.69) is 25.2 Å². The van der Waals surface area contributed by atoms with Gasteiger partial charge in [-0.25, -0.2) is 0 Å². The smallest absolute Gasteiger partial charge is 0.0736 e. The lowest BCUT2D eigenvalue weighted by Crippen LogP contribution is -2.46. The first-order valence-corrected chi connectivity index (χ1v) is 9.26. The highest BCUT2D eigenvalue weighted by Gasteiger charge is 2.54. The van der Waals surface area contributed by atoms with Gasteiger partial charge in [-0.05, 0) is 54.4 Å². The Morgan fingerprint density at radius 1 is 1.26 bits per heavy atom. The van der Waals surface area contributed by atoms with E-state index in [1.165, 1.54) is 24.8 Å². The van der Waals surface area contributed by atoms with E-state index >= 15 is 0 Å². The van der Waals surface area contributed by atoms with Gasteiger partial charge in [0.25, 0.3) is 0 Å². The molecule has 1 N–H and O–H groups in total. The van der Waals surface area contributed by atoms with Crippen LogP contribution in [0.2, 0.25) is 0 Å². The van der Waals surface area contributed by atoms with Crippen molar-refractivity contribution in [3.63, 3.8) is 0 Å². The van der Waals surface area contributed by atoms with Crippen LogP contribution in [0.3, 0.4) is 0 Å². The SMILES string of the molecule is CCC(CC)[C@@H]1Nc2c(C(=O)[O-])cccc2[C@H]2[C@H]3CC[C@@H](C3)[C@H]21. The molecular weight excluding hydrogens is 286 g/mol. The molecular formula is C20H26NO2-. The third kappa shape index (κ3) is 2.12. The van der Waals surface area contributed by atoms with Crippen molar-refractivity contribution < 1.29 is 9.90 Å². The monoisotopic (exact) mass is 312 g/mol. The maximum atomic E-state index is 11.6. The van der Waals surface area contributed by atoms with Crippen LogP contribution in [0.1, 0.15) is 67.8 Å². The van der Waals surface area contributed by atoms with E-state index in [9.17, 15) is 9.90 Å². The van der Waals surface area contributed by atoms with E-state index in [0.29, 0.717) is 29.4 Å². The normalized spacial score (nSPS) is 34.1. The lowest BCUT2D eigenvalue weighted by molar-refractivity contribution is -0.254. The highest BCUT2D eigenvalue weighted by atomic mass is 16.4. The first kappa shape index (κ1) is 15.0. The maximum Gasteiger partial charge on any atom is 0.0736 e. The number of para-hydroxylation sites is 1. The predicted octanol–water partition coefficient (Wildman–Crippen LogP) is 3.41. The molecule has 1 aliphatic heterocycles. The topological polar surface area (TPSA) is 52.2 Å². The minimum absolute atomic E-state index is 0.347. The summed E-state index contributed by atoms with van der Waals surface area (Å²) in [7, 11) is 0. The molecule has 23 heavy (non-hydrogen) atoms. The molecule has 1 aromatic rings. The van der Waals surface area contributed by atoms with Crippen molar-refractivity contribution in [1.82, 2.24) is 0 Å². The molecule has 3 heteroatoms. The van der Waals surface area contributed by atoms with Crippen molar-refractivity contribution in [2.45, 2.75) is 57.9 Å². The number of rotatable bonds is 4. The summed E-state index contributed by atoms with van der Waals surface area (Å²) in [6.45, 7) is 4.52. The quantitative estimate of drug-likeness (QED) is 0.927. The number of hydrogen-bond acceptors (Lipinski definition) is 3. The van der Waals surface area contributed by atoms with E-state index in [0.717, 1.165) is 30.4 Å². The lowest BCUT2D eigenvalue weighted by Gasteiger charge is -2.46. The molecule has 0 unspecified atom stereocenters. The highest BCUT2D eigenvalue weighted by Crippen LogP contribution is 2.62. The number of carboxylic acids is 1. The lowest BCUT2D eigenvalue weighted by atomic mass is 9.65. The van der Waals surface area contributed by atoms with Crippen molar-refractivity contribution in [2.75, 3.05) is 5.32 Å². The van der Waals surface area contributed by atoms with Gasteiger partial charge in [0.05, 0.1) is 5.97 Å². The van der Waals surface area contributed by atoms with Crippen LogP contribution in [0.25, 0.3) is 0 Å². The van der Waals surface area contributed by atoms with Gasteiger partial charge in [-0.1, -0.05) is 44.9 Å². The van der Waals surface area contributed by atoms with Gasteiger partial charge in [0, 0.05) is 17.3 Å². The molecule has 2 aliphatic carbocycles. The Morgan fingerprint density at radius 3 is 2.70 bits per heavy atom. The second kappa shape index (κ2) is 5.54. The summed E-state index contributed by atoms with van der Waals surface area (Å²) in [6, 6.07) is 6.15. The van der Waals surface area contributed by atoms with Gasteiger partial charge in [0.15, 0.2) is 0 Å². The Labute approximate surface area is 138 Å². The number of carbonyl (C=O) groups excluding carboxylic acids is 1. The number of carboxylic acid groups (broad SMARTS) is 1. The largest absolute Gasteiger partial charge is 0.545 e. The minimum atomic E-state index is -1.06. The first-order chi connectivity index (χ1) is 11.2. The highest BCUT2D eigenvalue weighted by molar-refractivity contribution is 5.94. The molecule has 1 heterocycles. The Morgan fingerprint density at radius 2 is 2.00 bits per heavy atom. The standard InChI is InChI=1S/C20H27NO2/c1-3-11(4-2)18-17-13-9-8-12(10-13)16(17)14-6-5-7-15(20(22)23)19(14)21-18/h5-7,11-13,16-18,21H,3-4,8-10H2,1-2H3,(H,22,23)/p-1/t12-,13-,16+,17+,18-/m0/s1. The van der Waals surface area contributed by atoms with E-state index in [1.54, 1.807) is 6.07 Å². The second-order valence-corrected chi connectivity index (χ2v) is 7.74. The molecule has 124 valence electrons. The van der Waals surface area contributed by atoms with Gasteiger partial charge in [-0.15, -0.1) is 0 Å². The number of benzene rings is 1. The molecule has 0 saturated heterocycles. The molecule has 4 rings (SSSR count). The summed E-state index contributed by atoms with van der Waals surface area (Å²) >= 11 is 0. The summed E-state index contributed by atoms with van der Waals surface area (Å²) < 4.78 is 0. The number of anilines is 1. The van der Waals surface area contributed by atoms with Crippen molar-refractivity contribution in [1.29, 1.82) is 0 Å². The molecule has 2 fully saturated rings. The van der Waals surface area contributed by atoms with Crippen LogP contribution in [0.15, 0.2) is 18.2 Å². The zero-order chi connectivity index (χ0) is 16.1. The zero-order valence-corrected chi connectivity index (χ0v) is 14.0.